The third-order valence-corrected chi connectivity index (χ3v) is 2.83. The Morgan fingerprint density at radius 2 is 0.957 bits per heavy atom. The molecule has 2 unspecified atom stereocenters. The number of carbonyl (C=O) groups is 2. The Hall–Kier alpha value is -1.44. The normalized spacial score (nSPS) is 11.9. The van der Waals surface area contributed by atoms with Crippen molar-refractivity contribution in [1.29, 1.82) is 0 Å². The van der Waals surface area contributed by atoms with E-state index in [2.05, 4.69) is 0 Å². The van der Waals surface area contributed by atoms with Crippen LogP contribution in [-0.4, -0.2) is 49.7 Å². The molecule has 116 valence electrons. The molecule has 23 heavy (non-hydrogen) atoms. The second-order valence-electron chi connectivity index (χ2n) is 4.41. The third kappa shape index (κ3) is 7.58. The average molecular weight is 340 g/mol. The molecule has 4 N–H and O–H groups in total. The SMILES string of the molecule is NC(C(=O)[O-])c1ccccc1.NC(C(=O)[O-])c1ccccc1.[Ca+2]. The van der Waals surface area contributed by atoms with E-state index in [1.54, 1.807) is 60.7 Å². The molecule has 6 nitrogen and oxygen atoms in total. The number of aliphatic carboxylic acids is 2. The Labute approximate surface area is 164 Å². The zero-order chi connectivity index (χ0) is 16.5. The number of carboxylic acid groups (broad SMARTS) is 2. The summed E-state index contributed by atoms with van der Waals surface area (Å²) in [7, 11) is 0. The van der Waals surface area contributed by atoms with E-state index in [0.29, 0.717) is 11.1 Å². The van der Waals surface area contributed by atoms with Crippen LogP contribution in [0.3, 0.4) is 0 Å². The Morgan fingerprint density at radius 1 is 0.696 bits per heavy atom. The molecule has 2 aromatic rings. The van der Waals surface area contributed by atoms with Crippen molar-refractivity contribution in [3.8, 4) is 0 Å². The van der Waals surface area contributed by atoms with Crippen LogP contribution >= 0.6 is 0 Å². The number of hydrogen-bond acceptors (Lipinski definition) is 6. The van der Waals surface area contributed by atoms with E-state index in [0.717, 1.165) is 0 Å². The summed E-state index contributed by atoms with van der Waals surface area (Å²) in [5.41, 5.74) is 11.7. The number of benzene rings is 2. The summed E-state index contributed by atoms with van der Waals surface area (Å²) in [6.07, 6.45) is 0. The molecular weight excluding hydrogens is 324 g/mol. The molecular formula is C16H16CaN2O4. The molecule has 7 heteroatoms. The second kappa shape index (κ2) is 11.2. The number of rotatable bonds is 4. The van der Waals surface area contributed by atoms with E-state index in [1.807, 2.05) is 0 Å². The third-order valence-electron chi connectivity index (χ3n) is 2.83. The molecule has 0 bridgehead atoms. The summed E-state index contributed by atoms with van der Waals surface area (Å²) >= 11 is 0. The van der Waals surface area contributed by atoms with Crippen LogP contribution in [0.2, 0.25) is 0 Å². The van der Waals surface area contributed by atoms with Crippen LogP contribution in [0.1, 0.15) is 23.2 Å². The van der Waals surface area contributed by atoms with Gasteiger partial charge in [-0.3, -0.25) is 0 Å². The van der Waals surface area contributed by atoms with Crippen LogP contribution in [0.5, 0.6) is 0 Å². The maximum absolute atomic E-state index is 10.3. The van der Waals surface area contributed by atoms with Gasteiger partial charge in [0, 0.05) is 0 Å². The van der Waals surface area contributed by atoms with E-state index < -0.39 is 24.0 Å². The smallest absolute Gasteiger partial charge is 0.548 e. The molecule has 0 aliphatic rings. The minimum atomic E-state index is -1.25. The zero-order valence-corrected chi connectivity index (χ0v) is 14.6. The Morgan fingerprint density at radius 3 is 1.17 bits per heavy atom. The van der Waals surface area contributed by atoms with Gasteiger partial charge in [-0.2, -0.15) is 0 Å². The summed E-state index contributed by atoms with van der Waals surface area (Å²) in [4.78, 5) is 20.5. The number of nitrogens with two attached hydrogens (primary N) is 2. The van der Waals surface area contributed by atoms with Crippen molar-refractivity contribution >= 4 is 49.7 Å². The first-order valence-corrected chi connectivity index (χ1v) is 6.46. The zero-order valence-electron chi connectivity index (χ0n) is 12.4. The van der Waals surface area contributed by atoms with Crippen LogP contribution in [-0.2, 0) is 9.59 Å². The fourth-order valence-corrected chi connectivity index (χ4v) is 1.59. The topological polar surface area (TPSA) is 132 Å². The van der Waals surface area contributed by atoms with Gasteiger partial charge in [0.2, 0.25) is 0 Å². The van der Waals surface area contributed by atoms with E-state index in [1.165, 1.54) is 0 Å². The Bertz CT molecular complexity index is 552. The molecule has 0 aromatic heterocycles. The average Bonchev–Trinajstić information content (AvgIpc) is 2.55. The van der Waals surface area contributed by atoms with E-state index in [4.69, 9.17) is 11.5 Å². The molecule has 0 saturated heterocycles. The van der Waals surface area contributed by atoms with Crippen molar-refractivity contribution in [2.24, 2.45) is 11.5 Å². The van der Waals surface area contributed by atoms with Gasteiger partial charge >= 0.3 is 37.7 Å². The summed E-state index contributed by atoms with van der Waals surface area (Å²) < 4.78 is 0. The first-order valence-electron chi connectivity index (χ1n) is 6.46. The molecule has 0 fully saturated rings. The number of carboxylic acids is 2. The molecule has 2 atom stereocenters. The maximum Gasteiger partial charge on any atom is 2.00 e. The fraction of sp³-hybridized carbons (Fsp3) is 0.125. The fourth-order valence-electron chi connectivity index (χ4n) is 1.59. The van der Waals surface area contributed by atoms with Gasteiger partial charge in [-0.1, -0.05) is 60.7 Å². The molecule has 0 amide bonds. The van der Waals surface area contributed by atoms with Crippen molar-refractivity contribution in [2.45, 2.75) is 12.1 Å². The minimum absolute atomic E-state index is 0. The van der Waals surface area contributed by atoms with Crippen molar-refractivity contribution in [1.82, 2.24) is 0 Å². The van der Waals surface area contributed by atoms with Gasteiger partial charge < -0.3 is 31.3 Å². The van der Waals surface area contributed by atoms with Crippen molar-refractivity contribution in [3.05, 3.63) is 71.8 Å². The maximum atomic E-state index is 10.3. The van der Waals surface area contributed by atoms with Crippen molar-refractivity contribution in [3.63, 3.8) is 0 Å². The predicted molar refractivity (Wildman–Crippen MR) is 82.5 cm³/mol. The van der Waals surface area contributed by atoms with Gasteiger partial charge in [0.25, 0.3) is 0 Å². The molecule has 2 rings (SSSR count). The van der Waals surface area contributed by atoms with Crippen LogP contribution in [0.4, 0.5) is 0 Å². The van der Waals surface area contributed by atoms with Crippen LogP contribution < -0.4 is 21.7 Å². The summed E-state index contributed by atoms with van der Waals surface area (Å²) in [6.45, 7) is 0. The summed E-state index contributed by atoms with van der Waals surface area (Å²) in [6, 6.07) is 15.1. The van der Waals surface area contributed by atoms with Gasteiger partial charge in [-0.25, -0.2) is 0 Å². The number of hydrogen-bond donors (Lipinski definition) is 2. The van der Waals surface area contributed by atoms with Gasteiger partial charge in [0.05, 0.1) is 24.0 Å². The minimum Gasteiger partial charge on any atom is -0.548 e. The molecule has 0 spiro atoms. The van der Waals surface area contributed by atoms with E-state index in [9.17, 15) is 19.8 Å². The number of carbonyl (C=O) groups excluding carboxylic acids is 2. The predicted octanol–water partition coefficient (Wildman–Crippen LogP) is -1.51. The molecule has 0 radical (unpaired) electrons. The molecule has 0 aliphatic carbocycles. The molecule has 0 heterocycles. The van der Waals surface area contributed by atoms with Crippen LogP contribution in [0.25, 0.3) is 0 Å². The van der Waals surface area contributed by atoms with Gasteiger partial charge in [-0.05, 0) is 11.1 Å². The quantitative estimate of drug-likeness (QED) is 0.650. The van der Waals surface area contributed by atoms with Crippen LogP contribution in [0, 0.1) is 0 Å². The monoisotopic (exact) mass is 340 g/mol. The summed E-state index contributed by atoms with van der Waals surface area (Å²) in [5.74, 6) is -2.51. The standard InChI is InChI=1S/2C8H9NO2.Ca/c2*9-7(8(10)11)6-4-2-1-3-5-6;/h2*1-5,7H,9H2,(H,10,11);/q;;+2/p-2. The van der Waals surface area contributed by atoms with Gasteiger partial charge in [0.15, 0.2) is 0 Å². The van der Waals surface area contributed by atoms with Gasteiger partial charge in [-0.15, -0.1) is 0 Å². The Kier molecular flexibility index (Phi) is 10.5. The van der Waals surface area contributed by atoms with Crippen molar-refractivity contribution < 1.29 is 19.8 Å². The molecule has 0 saturated carbocycles. The Balaban J connectivity index is 0.000000403. The second-order valence-corrected chi connectivity index (χ2v) is 4.41. The van der Waals surface area contributed by atoms with Crippen molar-refractivity contribution in [2.75, 3.05) is 0 Å². The first kappa shape index (κ1) is 21.6. The van der Waals surface area contributed by atoms with E-state index >= 15 is 0 Å². The largest absolute Gasteiger partial charge is 2.00 e. The van der Waals surface area contributed by atoms with E-state index in [-0.39, 0.29) is 37.7 Å². The molecule has 2 aromatic carbocycles. The first-order chi connectivity index (χ1) is 10.4. The van der Waals surface area contributed by atoms with Gasteiger partial charge in [0.1, 0.15) is 0 Å². The summed E-state index contributed by atoms with van der Waals surface area (Å²) in [5, 5.41) is 20.5. The van der Waals surface area contributed by atoms with Crippen LogP contribution in [0.15, 0.2) is 60.7 Å². The molecule has 0 aliphatic heterocycles.